The van der Waals surface area contributed by atoms with Crippen LogP contribution in [0.3, 0.4) is 0 Å². The van der Waals surface area contributed by atoms with E-state index in [9.17, 15) is 9.59 Å². The van der Waals surface area contributed by atoms with Gasteiger partial charge in [-0.05, 0) is 31.0 Å². The van der Waals surface area contributed by atoms with Crippen LogP contribution in [0, 0.1) is 5.41 Å². The van der Waals surface area contributed by atoms with Gasteiger partial charge in [0, 0.05) is 43.7 Å². The molecule has 0 bridgehead atoms. The Kier molecular flexibility index (Phi) is 5.39. The van der Waals surface area contributed by atoms with E-state index in [4.69, 9.17) is 32.7 Å². The zero-order valence-electron chi connectivity index (χ0n) is 17.4. The maximum atomic E-state index is 12.5. The molecule has 10 heteroatoms. The maximum absolute atomic E-state index is 12.5. The third kappa shape index (κ3) is 3.76. The molecule has 1 aliphatic carbocycles. The number of hydrogen-bond donors (Lipinski definition) is 1. The van der Waals surface area contributed by atoms with Crippen LogP contribution in [0.5, 0.6) is 11.5 Å². The van der Waals surface area contributed by atoms with Crippen molar-refractivity contribution < 1.29 is 9.47 Å². The molecule has 8 nitrogen and oxygen atoms in total. The highest BCUT2D eigenvalue weighted by Crippen LogP contribution is 2.50. The summed E-state index contributed by atoms with van der Waals surface area (Å²) in [4.78, 5) is 26.2. The lowest BCUT2D eigenvalue weighted by molar-refractivity contribution is -0.120. The van der Waals surface area contributed by atoms with Crippen LogP contribution in [-0.4, -0.2) is 52.0 Å². The van der Waals surface area contributed by atoms with Crippen LogP contribution < -0.4 is 20.6 Å². The number of nitrogens with one attached hydrogen (secondary N) is 1. The van der Waals surface area contributed by atoms with E-state index in [0.29, 0.717) is 28.5 Å². The summed E-state index contributed by atoms with van der Waals surface area (Å²) in [5.74, 6) is 1.00. The molecule has 2 fully saturated rings. The molecule has 2 aliphatic rings. The Bertz CT molecular complexity index is 1290. The summed E-state index contributed by atoms with van der Waals surface area (Å²) < 4.78 is 13.3. The van der Waals surface area contributed by atoms with Crippen molar-refractivity contribution in [1.29, 1.82) is 0 Å². The average Bonchev–Trinajstić information content (AvgIpc) is 2.71. The fourth-order valence-corrected chi connectivity index (χ4v) is 5.12. The predicted molar refractivity (Wildman–Crippen MR) is 122 cm³/mol. The lowest BCUT2D eigenvalue weighted by atomic mass is 9.62. The molecule has 0 unspecified atom stereocenters. The lowest BCUT2D eigenvalue weighted by Crippen LogP contribution is -2.65. The van der Waals surface area contributed by atoms with Crippen molar-refractivity contribution in [3.63, 3.8) is 0 Å². The van der Waals surface area contributed by atoms with Crippen molar-refractivity contribution >= 4 is 34.0 Å². The number of aryl methyl sites for hydroxylation is 1. The number of aromatic nitrogens is 3. The standard InChI is InChI=1S/C22H22Cl2N4O4/c1-27-5-4-14-16(3-2-15(23)18(14)21(27)30)32-13-8-22(9-13)11-28(12-22)6-7-31-17-10-25-26-20(29)19(17)24/h2-5,10,13H,6-9,11-12H2,1H3,(H,26,29). The molecule has 1 N–H and O–H groups in total. The van der Waals surface area contributed by atoms with Crippen LogP contribution in [0.1, 0.15) is 12.8 Å². The van der Waals surface area contributed by atoms with Crippen LogP contribution in [-0.2, 0) is 7.05 Å². The van der Waals surface area contributed by atoms with Crippen LogP contribution in [0.4, 0.5) is 0 Å². The Labute approximate surface area is 193 Å². The molecule has 3 heterocycles. The van der Waals surface area contributed by atoms with E-state index >= 15 is 0 Å². The van der Waals surface area contributed by atoms with E-state index < -0.39 is 5.56 Å². The van der Waals surface area contributed by atoms with E-state index in [2.05, 4.69) is 15.1 Å². The first kappa shape index (κ1) is 21.3. The van der Waals surface area contributed by atoms with E-state index in [1.165, 1.54) is 10.8 Å². The Morgan fingerprint density at radius 1 is 1.19 bits per heavy atom. The van der Waals surface area contributed by atoms with Gasteiger partial charge < -0.3 is 14.0 Å². The number of likely N-dealkylation sites (tertiary alicyclic amines) is 1. The largest absolute Gasteiger partial charge is 0.490 e. The quantitative estimate of drug-likeness (QED) is 0.588. The molecule has 0 radical (unpaired) electrons. The lowest BCUT2D eigenvalue weighted by Gasteiger charge is -2.58. The minimum Gasteiger partial charge on any atom is -0.490 e. The molecule has 168 valence electrons. The first-order valence-corrected chi connectivity index (χ1v) is 11.1. The van der Waals surface area contributed by atoms with E-state index in [-0.39, 0.29) is 22.1 Å². The number of hydrogen-bond acceptors (Lipinski definition) is 6. The number of pyridine rings is 1. The van der Waals surface area contributed by atoms with Crippen molar-refractivity contribution in [2.75, 3.05) is 26.2 Å². The average molecular weight is 477 g/mol. The monoisotopic (exact) mass is 476 g/mol. The topological polar surface area (TPSA) is 89.4 Å². The molecule has 32 heavy (non-hydrogen) atoms. The Morgan fingerprint density at radius 2 is 1.97 bits per heavy atom. The summed E-state index contributed by atoms with van der Waals surface area (Å²) in [6.45, 7) is 3.16. The Morgan fingerprint density at radius 3 is 2.75 bits per heavy atom. The Hall–Kier alpha value is -2.55. The summed E-state index contributed by atoms with van der Waals surface area (Å²) >= 11 is 12.2. The fourth-order valence-electron chi connectivity index (χ4n) is 4.73. The molecular formula is C22H22Cl2N4O4. The molecule has 5 rings (SSSR count). The van der Waals surface area contributed by atoms with Gasteiger partial charge in [0.2, 0.25) is 0 Å². The van der Waals surface area contributed by atoms with Crippen molar-refractivity contribution in [1.82, 2.24) is 19.7 Å². The highest BCUT2D eigenvalue weighted by molar-refractivity contribution is 6.35. The maximum Gasteiger partial charge on any atom is 0.286 e. The minimum absolute atomic E-state index is 0.0200. The SMILES string of the molecule is Cn1ccc2c(OC3CC4(C3)CN(CCOc3cn[nH]c(=O)c3Cl)C4)ccc(Cl)c2c1=O. The number of aromatic amines is 1. The van der Waals surface area contributed by atoms with E-state index in [1.54, 1.807) is 19.3 Å². The molecule has 1 aromatic carbocycles. The van der Waals surface area contributed by atoms with Crippen LogP contribution in [0.25, 0.3) is 10.8 Å². The minimum atomic E-state index is -0.457. The number of halogens is 2. The molecule has 1 saturated carbocycles. The van der Waals surface area contributed by atoms with Crippen LogP contribution in [0.15, 0.2) is 40.2 Å². The molecule has 0 atom stereocenters. The fraction of sp³-hybridized carbons (Fsp3) is 0.409. The third-order valence-corrected chi connectivity index (χ3v) is 6.99. The van der Waals surface area contributed by atoms with Gasteiger partial charge in [-0.25, -0.2) is 5.10 Å². The molecule has 1 spiro atoms. The number of benzene rings is 1. The van der Waals surface area contributed by atoms with Crippen molar-refractivity contribution in [3.8, 4) is 11.5 Å². The highest BCUT2D eigenvalue weighted by Gasteiger charge is 2.53. The first-order valence-electron chi connectivity index (χ1n) is 10.4. The van der Waals surface area contributed by atoms with E-state index in [0.717, 1.165) is 37.9 Å². The van der Waals surface area contributed by atoms with Gasteiger partial charge in [-0.2, -0.15) is 5.10 Å². The van der Waals surface area contributed by atoms with Gasteiger partial charge in [0.05, 0.1) is 22.7 Å². The summed E-state index contributed by atoms with van der Waals surface area (Å²) in [6, 6.07) is 5.44. The van der Waals surface area contributed by atoms with Gasteiger partial charge >= 0.3 is 0 Å². The smallest absolute Gasteiger partial charge is 0.286 e. The Balaban J connectivity index is 1.13. The third-order valence-electron chi connectivity index (χ3n) is 6.32. The number of H-pyrrole nitrogens is 1. The van der Waals surface area contributed by atoms with Gasteiger partial charge in [0.15, 0.2) is 10.8 Å². The van der Waals surface area contributed by atoms with E-state index in [1.807, 2.05) is 12.1 Å². The number of fused-ring (bicyclic) bond motifs is 1. The predicted octanol–water partition coefficient (Wildman–Crippen LogP) is 2.85. The van der Waals surface area contributed by atoms with Gasteiger partial charge in [-0.15, -0.1) is 0 Å². The molecule has 0 amide bonds. The van der Waals surface area contributed by atoms with Gasteiger partial charge in [0.1, 0.15) is 12.4 Å². The summed E-state index contributed by atoms with van der Waals surface area (Å²) in [5.41, 5.74) is -0.301. The number of nitrogens with zero attached hydrogens (tertiary/aromatic N) is 3. The second-order valence-electron chi connectivity index (χ2n) is 8.65. The molecule has 2 aromatic heterocycles. The number of rotatable bonds is 6. The van der Waals surface area contributed by atoms with Crippen LogP contribution >= 0.6 is 23.2 Å². The molecule has 1 saturated heterocycles. The van der Waals surface area contributed by atoms with Gasteiger partial charge in [-0.3, -0.25) is 14.5 Å². The first-order chi connectivity index (χ1) is 15.3. The molecular weight excluding hydrogens is 455 g/mol. The zero-order chi connectivity index (χ0) is 22.5. The second-order valence-corrected chi connectivity index (χ2v) is 9.44. The number of ether oxygens (including phenoxy) is 2. The highest BCUT2D eigenvalue weighted by atomic mass is 35.5. The zero-order valence-corrected chi connectivity index (χ0v) is 18.9. The summed E-state index contributed by atoms with van der Waals surface area (Å²) in [5, 5.41) is 7.66. The van der Waals surface area contributed by atoms with Crippen molar-refractivity contribution in [2.45, 2.75) is 18.9 Å². The molecule has 1 aliphatic heterocycles. The normalized spacial score (nSPS) is 17.8. The van der Waals surface area contributed by atoms with Gasteiger partial charge in [-0.1, -0.05) is 23.2 Å². The van der Waals surface area contributed by atoms with Gasteiger partial charge in [0.25, 0.3) is 11.1 Å². The van der Waals surface area contributed by atoms with Crippen LogP contribution in [0.2, 0.25) is 10.0 Å². The molecule has 3 aromatic rings. The van der Waals surface area contributed by atoms with Crippen molar-refractivity contribution in [3.05, 3.63) is 61.3 Å². The summed E-state index contributed by atoms with van der Waals surface area (Å²) in [7, 11) is 1.71. The van der Waals surface area contributed by atoms with Crippen molar-refractivity contribution in [2.24, 2.45) is 12.5 Å². The second kappa shape index (κ2) is 8.10. The summed E-state index contributed by atoms with van der Waals surface area (Å²) in [6.07, 6.45) is 5.22.